The highest BCUT2D eigenvalue weighted by molar-refractivity contribution is 6.29. The molecule has 1 fully saturated rings. The van der Waals surface area contributed by atoms with Gasteiger partial charge >= 0.3 is 0 Å². The van der Waals surface area contributed by atoms with Crippen LogP contribution in [0.15, 0.2) is 36.7 Å². The number of nitrogens with two attached hydrogens (primary N) is 1. The van der Waals surface area contributed by atoms with E-state index in [9.17, 15) is 8.78 Å². The van der Waals surface area contributed by atoms with Crippen molar-refractivity contribution in [2.75, 3.05) is 30.3 Å². The Labute approximate surface area is 195 Å². The van der Waals surface area contributed by atoms with Crippen LogP contribution in [0.5, 0.6) is 0 Å². The summed E-state index contributed by atoms with van der Waals surface area (Å²) in [6.07, 6.45) is 8.23. The topological polar surface area (TPSA) is 76.1 Å². The van der Waals surface area contributed by atoms with Crippen LogP contribution in [0.2, 0.25) is 5.15 Å². The summed E-state index contributed by atoms with van der Waals surface area (Å²) in [5, 5.41) is 4.69. The first-order valence-electron chi connectivity index (χ1n) is 10.9. The summed E-state index contributed by atoms with van der Waals surface area (Å²) >= 11 is 5.99. The van der Waals surface area contributed by atoms with Gasteiger partial charge in [-0.2, -0.15) is 10.1 Å². The summed E-state index contributed by atoms with van der Waals surface area (Å²) in [5.74, 6) is -0.323. The summed E-state index contributed by atoms with van der Waals surface area (Å²) in [5.41, 5.74) is 9.06. The van der Waals surface area contributed by atoms with Crippen LogP contribution in [-0.4, -0.2) is 50.3 Å². The number of halogens is 3. The number of hydrogen-bond donors (Lipinski definition) is 1. The average Bonchev–Trinajstić information content (AvgIpc) is 3.13. The first-order valence-corrected chi connectivity index (χ1v) is 11.3. The number of fused-ring (bicyclic) bond motifs is 3. The van der Waals surface area contributed by atoms with Crippen LogP contribution in [0.1, 0.15) is 23.2 Å². The van der Waals surface area contributed by atoms with Gasteiger partial charge in [-0.15, -0.1) is 0 Å². The third-order valence-electron chi connectivity index (χ3n) is 6.37. The predicted octanol–water partition coefficient (Wildman–Crippen LogP) is 3.68. The molecule has 0 aliphatic carbocycles. The van der Waals surface area contributed by atoms with Crippen molar-refractivity contribution in [1.29, 1.82) is 0 Å². The van der Waals surface area contributed by atoms with Gasteiger partial charge in [0.25, 0.3) is 0 Å². The molecule has 0 bridgehead atoms. The van der Waals surface area contributed by atoms with Crippen molar-refractivity contribution in [3.8, 4) is 5.82 Å². The Bertz CT molecular complexity index is 1210. The van der Waals surface area contributed by atoms with E-state index in [1.807, 2.05) is 13.1 Å². The first kappa shape index (κ1) is 21.6. The fourth-order valence-corrected chi connectivity index (χ4v) is 4.90. The van der Waals surface area contributed by atoms with Crippen molar-refractivity contribution in [3.05, 3.63) is 70.3 Å². The van der Waals surface area contributed by atoms with E-state index in [2.05, 4.69) is 37.1 Å². The minimum atomic E-state index is -0.517. The van der Waals surface area contributed by atoms with Crippen LogP contribution < -0.4 is 10.6 Å². The van der Waals surface area contributed by atoms with Crippen molar-refractivity contribution in [2.24, 2.45) is 0 Å². The third-order valence-corrected chi connectivity index (χ3v) is 6.56. The molecule has 1 aromatic carbocycles. The van der Waals surface area contributed by atoms with Gasteiger partial charge in [0.1, 0.15) is 16.8 Å². The lowest BCUT2D eigenvalue weighted by molar-refractivity contribution is 0.281. The van der Waals surface area contributed by atoms with E-state index in [-0.39, 0.29) is 17.1 Å². The highest BCUT2D eigenvalue weighted by Gasteiger charge is 2.32. The molecular weight excluding hydrogens is 448 g/mol. The number of aromatic nitrogens is 4. The zero-order chi connectivity index (χ0) is 23.1. The van der Waals surface area contributed by atoms with Crippen molar-refractivity contribution in [2.45, 2.75) is 32.2 Å². The Hall–Kier alpha value is -3.20. The number of rotatable bonds is 4. The molecule has 7 nitrogen and oxygen atoms in total. The quantitative estimate of drug-likeness (QED) is 0.585. The smallest absolute Gasteiger partial charge is 0.223 e. The zero-order valence-electron chi connectivity index (χ0n) is 18.2. The monoisotopic (exact) mass is 471 g/mol. The second kappa shape index (κ2) is 8.62. The van der Waals surface area contributed by atoms with Crippen LogP contribution in [-0.2, 0) is 12.8 Å². The molecule has 1 unspecified atom stereocenters. The summed E-state index contributed by atoms with van der Waals surface area (Å²) in [6.45, 7) is 4.32. The number of nitrogens with zero attached hydrogens (tertiary/aromatic N) is 6. The molecule has 1 atom stereocenters. The standard InChI is InChI=1S/C23H24ClF2N7/c1-14-15(12-28-33(14)22-11-21(24)29-23(27)30-22)3-2-6-31-7-8-32-17(13-31)4-5-18-19(26)9-16(25)10-20(18)32/h2,6,9-12,17H,3-5,7-8,13H2,1H3,(H2,27,29,30)/b6-2+. The Kier molecular flexibility index (Phi) is 5.65. The Morgan fingerprint density at radius 2 is 2.06 bits per heavy atom. The summed E-state index contributed by atoms with van der Waals surface area (Å²) in [7, 11) is 0. The van der Waals surface area contributed by atoms with Gasteiger partial charge in [0.2, 0.25) is 5.95 Å². The predicted molar refractivity (Wildman–Crippen MR) is 124 cm³/mol. The Morgan fingerprint density at radius 1 is 1.21 bits per heavy atom. The van der Waals surface area contributed by atoms with Gasteiger partial charge in [-0.3, -0.25) is 0 Å². The minimum Gasteiger partial charge on any atom is -0.374 e. The molecule has 3 aromatic rings. The van der Waals surface area contributed by atoms with Crippen molar-refractivity contribution in [1.82, 2.24) is 24.6 Å². The van der Waals surface area contributed by atoms with E-state index < -0.39 is 11.6 Å². The van der Waals surface area contributed by atoms with Crippen molar-refractivity contribution < 1.29 is 8.78 Å². The first-order chi connectivity index (χ1) is 15.9. The molecule has 5 rings (SSSR count). The van der Waals surface area contributed by atoms with Crippen molar-refractivity contribution in [3.63, 3.8) is 0 Å². The Morgan fingerprint density at radius 3 is 2.88 bits per heavy atom. The molecule has 2 aliphatic rings. The number of benzene rings is 1. The molecule has 10 heteroatoms. The molecule has 2 aliphatic heterocycles. The number of nitrogen functional groups attached to an aromatic ring is 1. The highest BCUT2D eigenvalue weighted by atomic mass is 35.5. The summed E-state index contributed by atoms with van der Waals surface area (Å²) < 4.78 is 29.6. The van der Waals surface area contributed by atoms with Crippen LogP contribution in [0.25, 0.3) is 5.82 Å². The fourth-order valence-electron chi connectivity index (χ4n) is 4.72. The van der Waals surface area contributed by atoms with Gasteiger partial charge in [0.15, 0.2) is 5.82 Å². The molecule has 0 radical (unpaired) electrons. The third kappa shape index (κ3) is 4.25. The van der Waals surface area contributed by atoms with Crippen molar-refractivity contribution >= 4 is 23.2 Å². The van der Waals surface area contributed by atoms with Crippen LogP contribution in [0, 0.1) is 18.6 Å². The lowest BCUT2D eigenvalue weighted by atomic mass is 9.93. The van der Waals surface area contributed by atoms with E-state index in [1.165, 1.54) is 6.07 Å². The second-order valence-corrected chi connectivity index (χ2v) is 8.82. The van der Waals surface area contributed by atoms with Crippen LogP contribution >= 0.6 is 11.6 Å². The Balaban J connectivity index is 1.25. The molecule has 172 valence electrons. The molecule has 2 aromatic heterocycles. The van der Waals surface area contributed by atoms with E-state index >= 15 is 0 Å². The molecule has 0 amide bonds. The van der Waals surface area contributed by atoms with E-state index in [4.69, 9.17) is 17.3 Å². The maximum absolute atomic E-state index is 14.2. The largest absolute Gasteiger partial charge is 0.374 e. The SMILES string of the molecule is Cc1c(C/C=C/N2CCN3c4cc(F)cc(F)c4CCC3C2)cnn1-c1cc(Cl)nc(N)n1. The zero-order valence-corrected chi connectivity index (χ0v) is 18.9. The van der Waals surface area contributed by atoms with Gasteiger partial charge in [0.05, 0.1) is 6.20 Å². The fraction of sp³-hybridized carbons (Fsp3) is 0.348. The number of piperazine rings is 1. The molecule has 33 heavy (non-hydrogen) atoms. The molecule has 0 saturated carbocycles. The maximum atomic E-state index is 14.2. The molecule has 4 heterocycles. The lowest BCUT2D eigenvalue weighted by Gasteiger charge is -2.46. The molecule has 1 saturated heterocycles. The van der Waals surface area contributed by atoms with Gasteiger partial charge in [-0.1, -0.05) is 17.7 Å². The maximum Gasteiger partial charge on any atom is 0.223 e. The normalized spacial score (nSPS) is 18.0. The summed E-state index contributed by atoms with van der Waals surface area (Å²) in [4.78, 5) is 12.5. The lowest BCUT2D eigenvalue weighted by Crippen LogP contribution is -2.53. The highest BCUT2D eigenvalue weighted by Crippen LogP contribution is 2.35. The van der Waals surface area contributed by atoms with Gasteiger partial charge in [-0.25, -0.2) is 18.4 Å². The van der Waals surface area contributed by atoms with E-state index in [0.29, 0.717) is 29.9 Å². The second-order valence-electron chi connectivity index (χ2n) is 8.43. The molecular formula is C23H24ClF2N7. The number of allylic oxidation sites excluding steroid dienone is 1. The van der Waals surface area contributed by atoms with E-state index in [1.54, 1.807) is 10.7 Å². The molecule has 2 N–H and O–H groups in total. The van der Waals surface area contributed by atoms with Crippen LogP contribution in [0.3, 0.4) is 0 Å². The number of hydrogen-bond acceptors (Lipinski definition) is 6. The summed E-state index contributed by atoms with van der Waals surface area (Å²) in [6, 6.07) is 4.32. The van der Waals surface area contributed by atoms with Gasteiger partial charge < -0.3 is 15.5 Å². The van der Waals surface area contributed by atoms with E-state index in [0.717, 1.165) is 43.4 Å². The van der Waals surface area contributed by atoms with Crippen LogP contribution in [0.4, 0.5) is 20.4 Å². The molecule has 0 spiro atoms. The van der Waals surface area contributed by atoms with Gasteiger partial charge in [0, 0.05) is 54.8 Å². The number of anilines is 2. The minimum absolute atomic E-state index is 0.101. The average molecular weight is 472 g/mol. The van der Waals surface area contributed by atoms with Gasteiger partial charge in [-0.05, 0) is 44.0 Å².